The Morgan fingerprint density at radius 2 is 1.80 bits per heavy atom. The van der Waals surface area contributed by atoms with Crippen LogP contribution in [0, 0.1) is 11.6 Å². The van der Waals surface area contributed by atoms with Gasteiger partial charge >= 0.3 is 6.18 Å². The number of hydrogen-bond donors (Lipinski definition) is 3. The van der Waals surface area contributed by atoms with Gasteiger partial charge in [-0.2, -0.15) is 13.2 Å². The highest BCUT2D eigenvalue weighted by atomic mass is 35.5. The van der Waals surface area contributed by atoms with Gasteiger partial charge in [-0.05, 0) is 48.5 Å². The molecule has 2 aliphatic heterocycles. The predicted octanol–water partition coefficient (Wildman–Crippen LogP) is 5.99. The van der Waals surface area contributed by atoms with Gasteiger partial charge in [0, 0.05) is 63.1 Å². The third kappa shape index (κ3) is 4.82. The van der Waals surface area contributed by atoms with E-state index >= 15 is 0 Å². The van der Waals surface area contributed by atoms with Gasteiger partial charge in [0.25, 0.3) is 5.91 Å². The Morgan fingerprint density at radius 1 is 1.02 bits per heavy atom. The SMILES string of the molecule is O=C=C1NC(c2cc(F)ccc2Cl)c2c(NC(=O)c3cc(F)cc(C(F)(F)F)c3)cc3nc(C4CNC4)ccc3c21. The Bertz CT molecular complexity index is 1800. The number of anilines is 1. The highest BCUT2D eigenvalue weighted by molar-refractivity contribution is 6.31. The van der Waals surface area contributed by atoms with Crippen molar-refractivity contribution in [3.63, 3.8) is 0 Å². The third-order valence-corrected chi connectivity index (χ3v) is 7.53. The lowest BCUT2D eigenvalue weighted by molar-refractivity contribution is -0.137. The molecule has 4 aromatic rings. The van der Waals surface area contributed by atoms with E-state index in [0.29, 0.717) is 34.2 Å². The molecule has 6 rings (SSSR count). The van der Waals surface area contributed by atoms with Crippen LogP contribution in [0.4, 0.5) is 27.6 Å². The highest BCUT2D eigenvalue weighted by Crippen LogP contribution is 2.46. The van der Waals surface area contributed by atoms with E-state index in [4.69, 9.17) is 16.6 Å². The fourth-order valence-electron chi connectivity index (χ4n) is 5.12. The lowest BCUT2D eigenvalue weighted by Crippen LogP contribution is -2.40. The normalized spacial score (nSPS) is 16.6. The molecule has 0 radical (unpaired) electrons. The van der Waals surface area contributed by atoms with Gasteiger partial charge < -0.3 is 16.0 Å². The molecule has 3 N–H and O–H groups in total. The predicted molar refractivity (Wildman–Crippen MR) is 142 cm³/mol. The Hall–Kier alpha value is -4.31. The van der Waals surface area contributed by atoms with Crippen LogP contribution in [-0.2, 0) is 11.0 Å². The number of benzene rings is 3. The Labute approximate surface area is 234 Å². The molecule has 1 amide bonds. The van der Waals surface area contributed by atoms with Crippen molar-refractivity contribution in [2.24, 2.45) is 0 Å². The summed E-state index contributed by atoms with van der Waals surface area (Å²) in [6.45, 7) is 1.44. The average Bonchev–Trinajstić information content (AvgIpc) is 3.28. The van der Waals surface area contributed by atoms with E-state index in [2.05, 4.69) is 16.0 Å². The van der Waals surface area contributed by atoms with Gasteiger partial charge in [-0.3, -0.25) is 9.78 Å². The van der Waals surface area contributed by atoms with E-state index in [0.717, 1.165) is 24.8 Å². The van der Waals surface area contributed by atoms with Crippen LogP contribution in [0.5, 0.6) is 0 Å². The van der Waals surface area contributed by atoms with Gasteiger partial charge in [0.2, 0.25) is 0 Å². The van der Waals surface area contributed by atoms with E-state index in [-0.39, 0.29) is 34.0 Å². The Kier molecular flexibility index (Phi) is 6.53. The molecule has 0 spiro atoms. The minimum absolute atomic E-state index is 0.00333. The molecule has 3 heterocycles. The average molecular weight is 585 g/mol. The number of hydrogen-bond acceptors (Lipinski definition) is 5. The minimum Gasteiger partial charge on any atom is -0.364 e. The number of carbonyl (C=O) groups is 1. The second kappa shape index (κ2) is 9.95. The Morgan fingerprint density at radius 3 is 2.49 bits per heavy atom. The zero-order valence-electron chi connectivity index (χ0n) is 20.8. The maximum atomic E-state index is 14.3. The molecular weight excluding hydrogens is 567 g/mol. The van der Waals surface area contributed by atoms with Gasteiger partial charge in [0.15, 0.2) is 5.94 Å². The smallest absolute Gasteiger partial charge is 0.364 e. The van der Waals surface area contributed by atoms with E-state index in [1.807, 2.05) is 12.0 Å². The quantitative estimate of drug-likeness (QED) is 0.203. The largest absolute Gasteiger partial charge is 0.416 e. The summed E-state index contributed by atoms with van der Waals surface area (Å²) in [5, 5.41) is 9.39. The van der Waals surface area contributed by atoms with Crippen LogP contribution in [0.15, 0.2) is 54.6 Å². The Balaban J connectivity index is 1.55. The molecule has 0 saturated carbocycles. The zero-order chi connectivity index (χ0) is 29.1. The summed E-state index contributed by atoms with van der Waals surface area (Å²) < 4.78 is 68.4. The van der Waals surface area contributed by atoms with Gasteiger partial charge in [0.1, 0.15) is 17.3 Å². The number of rotatable bonds is 4. The van der Waals surface area contributed by atoms with Crippen LogP contribution in [0.2, 0.25) is 5.02 Å². The fraction of sp³-hybridized carbons (Fsp3) is 0.172. The molecule has 2 aliphatic rings. The van der Waals surface area contributed by atoms with E-state index in [1.165, 1.54) is 18.2 Å². The van der Waals surface area contributed by atoms with Crippen LogP contribution in [0.3, 0.4) is 0 Å². The van der Waals surface area contributed by atoms with Gasteiger partial charge in [0.05, 0.1) is 17.1 Å². The molecule has 12 heteroatoms. The van der Waals surface area contributed by atoms with Crippen LogP contribution >= 0.6 is 11.6 Å². The molecule has 3 aromatic carbocycles. The molecule has 1 saturated heterocycles. The molecule has 6 nitrogen and oxygen atoms in total. The standard InChI is InChI=1S/C29H18ClF5N4O2/c30-20-3-1-16(31)8-19(20)27-26-23(39-28(41)13-5-15(29(33,34)35)7-17(32)6-13)9-22-18(25(26)24(12-40)38-27)2-4-21(37-22)14-10-36-11-14/h1-9,14,27,36,38H,10-11H2,(H,39,41). The topological polar surface area (TPSA) is 83.1 Å². The molecule has 1 aromatic heterocycles. The first-order valence-corrected chi connectivity index (χ1v) is 12.8. The summed E-state index contributed by atoms with van der Waals surface area (Å²) in [7, 11) is 0. The van der Waals surface area contributed by atoms with E-state index in [9.17, 15) is 31.5 Å². The number of alkyl halides is 3. The first-order valence-electron chi connectivity index (χ1n) is 12.4. The van der Waals surface area contributed by atoms with Gasteiger partial charge in [-0.25, -0.2) is 13.6 Å². The summed E-state index contributed by atoms with van der Waals surface area (Å²) in [6.07, 6.45) is -4.88. The summed E-state index contributed by atoms with van der Waals surface area (Å²) in [4.78, 5) is 30.1. The van der Waals surface area contributed by atoms with Crippen molar-refractivity contribution >= 4 is 45.7 Å². The third-order valence-electron chi connectivity index (χ3n) is 7.19. The second-order valence-corrected chi connectivity index (χ2v) is 10.2. The summed E-state index contributed by atoms with van der Waals surface area (Å²) in [5.74, 6) is -0.898. The molecule has 1 unspecified atom stereocenters. The zero-order valence-corrected chi connectivity index (χ0v) is 21.6. The summed E-state index contributed by atoms with van der Waals surface area (Å²) in [5.41, 5.74) is 0.160. The van der Waals surface area contributed by atoms with Gasteiger partial charge in [-0.1, -0.05) is 17.7 Å². The van der Waals surface area contributed by atoms with Crippen molar-refractivity contribution in [3.8, 4) is 0 Å². The van der Waals surface area contributed by atoms with Crippen molar-refractivity contribution in [1.29, 1.82) is 0 Å². The van der Waals surface area contributed by atoms with Crippen molar-refractivity contribution in [2.75, 3.05) is 18.4 Å². The molecule has 0 bridgehead atoms. The minimum atomic E-state index is -4.88. The van der Waals surface area contributed by atoms with Crippen LogP contribution in [-0.4, -0.2) is 29.9 Å². The van der Waals surface area contributed by atoms with Crippen LogP contribution < -0.4 is 16.0 Å². The maximum Gasteiger partial charge on any atom is 0.416 e. The molecule has 0 aliphatic carbocycles. The van der Waals surface area contributed by atoms with Crippen molar-refractivity contribution < 1.29 is 31.5 Å². The number of nitrogens with one attached hydrogen (secondary N) is 3. The molecule has 1 fully saturated rings. The highest BCUT2D eigenvalue weighted by Gasteiger charge is 2.36. The summed E-state index contributed by atoms with van der Waals surface area (Å²) >= 11 is 6.39. The van der Waals surface area contributed by atoms with Crippen molar-refractivity contribution in [3.05, 3.63) is 105 Å². The second-order valence-electron chi connectivity index (χ2n) is 9.77. The number of nitrogens with zero attached hydrogens (tertiary/aromatic N) is 1. The van der Waals surface area contributed by atoms with Crippen LogP contribution in [0.1, 0.15) is 50.3 Å². The monoisotopic (exact) mass is 584 g/mol. The molecular formula is C29H18ClF5N4O2. The van der Waals surface area contributed by atoms with Gasteiger partial charge in [-0.15, -0.1) is 0 Å². The van der Waals surface area contributed by atoms with Crippen molar-refractivity contribution in [1.82, 2.24) is 15.6 Å². The number of amides is 1. The molecule has 41 heavy (non-hydrogen) atoms. The molecule has 1 atom stereocenters. The number of pyridine rings is 1. The van der Waals surface area contributed by atoms with Crippen molar-refractivity contribution in [2.45, 2.75) is 18.1 Å². The lowest BCUT2D eigenvalue weighted by atomic mass is 9.92. The first kappa shape index (κ1) is 26.9. The number of halogens is 6. The molecule has 208 valence electrons. The van der Waals surface area contributed by atoms with E-state index < -0.39 is 40.9 Å². The van der Waals surface area contributed by atoms with E-state index in [1.54, 1.807) is 6.07 Å². The fourth-order valence-corrected chi connectivity index (χ4v) is 5.35. The summed E-state index contributed by atoms with van der Waals surface area (Å²) in [6, 6.07) is 9.33. The maximum absolute atomic E-state index is 14.3. The first-order chi connectivity index (χ1) is 19.5. The number of fused-ring (bicyclic) bond motifs is 3. The lowest BCUT2D eigenvalue weighted by Gasteiger charge is -2.27. The van der Waals surface area contributed by atoms with Crippen LogP contribution in [0.25, 0.3) is 16.6 Å². The number of aromatic nitrogens is 1. The number of carbonyl (C=O) groups excluding carboxylic acids is 2.